The van der Waals surface area contributed by atoms with Crippen molar-refractivity contribution in [3.8, 4) is 44.5 Å². The predicted octanol–water partition coefficient (Wildman–Crippen LogP) is 17.2. The zero-order valence-corrected chi connectivity index (χ0v) is 38.9. The molecule has 0 aliphatic heterocycles. The van der Waals surface area contributed by atoms with Crippen molar-refractivity contribution in [2.24, 2.45) is 0 Å². The molecule has 0 radical (unpaired) electrons. The van der Waals surface area contributed by atoms with Gasteiger partial charge in [0.2, 0.25) is 0 Å². The summed E-state index contributed by atoms with van der Waals surface area (Å²) < 4.78 is 0. The maximum absolute atomic E-state index is 2.65. The van der Waals surface area contributed by atoms with Crippen LogP contribution < -0.4 is 4.90 Å². The highest BCUT2D eigenvalue weighted by atomic mass is 15.1. The van der Waals surface area contributed by atoms with Gasteiger partial charge in [-0.25, -0.2) is 0 Å². The van der Waals surface area contributed by atoms with Crippen molar-refractivity contribution in [3.05, 3.63) is 220 Å². The fourth-order valence-electron chi connectivity index (χ4n) is 12.6. The molecule has 1 heteroatoms. The Labute approximate surface area is 386 Å². The fraction of sp³-hybridized carbons (Fsp3) is 0.250. The van der Waals surface area contributed by atoms with Crippen LogP contribution in [0, 0.1) is 0 Å². The summed E-state index contributed by atoms with van der Waals surface area (Å²) >= 11 is 0. The first-order valence-electron chi connectivity index (χ1n) is 24.3. The number of rotatable bonds is 6. The quantitative estimate of drug-likeness (QED) is 0.161. The number of benzene rings is 8. The van der Waals surface area contributed by atoms with Crippen LogP contribution in [0.15, 0.2) is 170 Å². The van der Waals surface area contributed by atoms with Crippen molar-refractivity contribution in [2.75, 3.05) is 4.90 Å². The lowest BCUT2D eigenvalue weighted by Gasteiger charge is -2.42. The first-order chi connectivity index (χ1) is 31.5. The molecule has 320 valence electrons. The number of hydrogen-bond donors (Lipinski definition) is 0. The lowest BCUT2D eigenvalue weighted by atomic mass is 9.63. The predicted molar refractivity (Wildman–Crippen MR) is 274 cm³/mol. The molecular formula is C64H59N. The normalized spacial score (nSPS) is 16.6. The molecule has 0 saturated carbocycles. The number of nitrogens with zero attached hydrogens (tertiary/aromatic N) is 1. The van der Waals surface area contributed by atoms with Crippen LogP contribution in [0.1, 0.15) is 123 Å². The monoisotopic (exact) mass is 841 g/mol. The van der Waals surface area contributed by atoms with Gasteiger partial charge in [-0.15, -0.1) is 0 Å². The van der Waals surface area contributed by atoms with E-state index in [9.17, 15) is 0 Å². The van der Waals surface area contributed by atoms with Gasteiger partial charge in [0.1, 0.15) is 0 Å². The third-order valence-corrected chi connectivity index (χ3v) is 16.1. The summed E-state index contributed by atoms with van der Waals surface area (Å²) in [4.78, 5) is 2.63. The standard InChI is InChI=1S/C64H59N/c1-41(2)51-36-44-20-10-11-21-45(44)37-52(51)54-39-53-50-24-14-17-27-57(50)64(55-25-15-12-22-48(55)49-23-13-16-26-56(49)64)59(53)40-61(54)65(46-30-28-43(29-31-46)42-18-8-7-9-19-42)47-32-33-58-60(38-47)63(5,6)35-34-62(58,3)4/h7-9,12-19,22-33,36-41H,10-11,20-21,34-35H2,1-6H3. The molecule has 0 fully saturated rings. The van der Waals surface area contributed by atoms with Gasteiger partial charge in [-0.3, -0.25) is 0 Å². The van der Waals surface area contributed by atoms with E-state index in [0.29, 0.717) is 5.92 Å². The van der Waals surface area contributed by atoms with Crippen molar-refractivity contribution in [3.63, 3.8) is 0 Å². The summed E-state index contributed by atoms with van der Waals surface area (Å²) in [6, 6.07) is 65.9. The first kappa shape index (κ1) is 40.1. The molecule has 4 aliphatic carbocycles. The molecule has 0 N–H and O–H groups in total. The molecule has 0 aromatic heterocycles. The van der Waals surface area contributed by atoms with Crippen LogP contribution in [0.25, 0.3) is 44.5 Å². The molecule has 0 heterocycles. The molecule has 0 atom stereocenters. The minimum atomic E-state index is -0.464. The summed E-state index contributed by atoms with van der Waals surface area (Å²) in [7, 11) is 0. The van der Waals surface area contributed by atoms with Crippen LogP contribution in [0.4, 0.5) is 17.1 Å². The highest BCUT2D eigenvalue weighted by molar-refractivity contribution is 6.00. The molecule has 8 aromatic rings. The van der Waals surface area contributed by atoms with Gasteiger partial charge < -0.3 is 4.90 Å². The van der Waals surface area contributed by atoms with Gasteiger partial charge in [0.15, 0.2) is 0 Å². The molecule has 1 spiro atoms. The highest BCUT2D eigenvalue weighted by Crippen LogP contribution is 2.64. The van der Waals surface area contributed by atoms with E-state index in [1.807, 2.05) is 0 Å². The molecular weight excluding hydrogens is 783 g/mol. The van der Waals surface area contributed by atoms with E-state index in [1.54, 1.807) is 5.56 Å². The van der Waals surface area contributed by atoms with E-state index in [2.05, 4.69) is 216 Å². The summed E-state index contributed by atoms with van der Waals surface area (Å²) in [5, 5.41) is 0. The van der Waals surface area contributed by atoms with Crippen LogP contribution >= 0.6 is 0 Å². The summed E-state index contributed by atoms with van der Waals surface area (Å²) in [5.41, 5.74) is 26.7. The van der Waals surface area contributed by atoms with Gasteiger partial charge in [0.05, 0.1) is 11.1 Å². The Morgan fingerprint density at radius 2 is 0.923 bits per heavy atom. The summed E-state index contributed by atoms with van der Waals surface area (Å²) in [6.07, 6.45) is 7.18. The zero-order valence-electron chi connectivity index (χ0n) is 38.9. The Morgan fingerprint density at radius 3 is 1.54 bits per heavy atom. The Bertz CT molecular complexity index is 3130. The van der Waals surface area contributed by atoms with Crippen molar-refractivity contribution < 1.29 is 0 Å². The van der Waals surface area contributed by atoms with E-state index < -0.39 is 5.41 Å². The van der Waals surface area contributed by atoms with E-state index in [-0.39, 0.29) is 10.8 Å². The molecule has 0 amide bonds. The van der Waals surface area contributed by atoms with Gasteiger partial charge in [0, 0.05) is 16.9 Å². The third-order valence-electron chi connectivity index (χ3n) is 16.1. The van der Waals surface area contributed by atoms with Gasteiger partial charge in [-0.1, -0.05) is 175 Å². The van der Waals surface area contributed by atoms with Crippen LogP contribution in [0.5, 0.6) is 0 Å². The first-order valence-corrected chi connectivity index (χ1v) is 24.3. The third kappa shape index (κ3) is 6.04. The lowest BCUT2D eigenvalue weighted by Crippen LogP contribution is -2.34. The second kappa shape index (κ2) is 14.8. The molecule has 1 nitrogen and oxygen atoms in total. The maximum Gasteiger partial charge on any atom is 0.0726 e. The maximum atomic E-state index is 2.65. The van der Waals surface area contributed by atoms with Crippen LogP contribution in [0.2, 0.25) is 0 Å². The molecule has 0 unspecified atom stereocenters. The van der Waals surface area contributed by atoms with Crippen LogP contribution in [-0.2, 0) is 29.1 Å². The van der Waals surface area contributed by atoms with Crippen molar-refractivity contribution in [2.45, 2.75) is 102 Å². The van der Waals surface area contributed by atoms with Gasteiger partial charge >= 0.3 is 0 Å². The minimum absolute atomic E-state index is 0.0523. The largest absolute Gasteiger partial charge is 0.310 e. The van der Waals surface area contributed by atoms with E-state index in [0.717, 1.165) is 6.42 Å². The Kier molecular flexibility index (Phi) is 9.13. The van der Waals surface area contributed by atoms with E-state index >= 15 is 0 Å². The molecule has 4 aliphatic rings. The van der Waals surface area contributed by atoms with Crippen molar-refractivity contribution >= 4 is 17.1 Å². The highest BCUT2D eigenvalue weighted by Gasteiger charge is 2.52. The Morgan fingerprint density at radius 1 is 0.400 bits per heavy atom. The van der Waals surface area contributed by atoms with E-state index in [1.165, 1.54) is 138 Å². The molecule has 0 bridgehead atoms. The fourth-order valence-corrected chi connectivity index (χ4v) is 12.6. The smallest absolute Gasteiger partial charge is 0.0726 e. The minimum Gasteiger partial charge on any atom is -0.310 e. The summed E-state index contributed by atoms with van der Waals surface area (Å²) in [6.45, 7) is 14.6. The van der Waals surface area contributed by atoms with E-state index in [4.69, 9.17) is 0 Å². The average Bonchev–Trinajstić information content (AvgIpc) is 3.80. The number of hydrogen-bond acceptors (Lipinski definition) is 1. The molecule has 65 heavy (non-hydrogen) atoms. The van der Waals surface area contributed by atoms with Crippen LogP contribution in [0.3, 0.4) is 0 Å². The number of anilines is 3. The Balaban J connectivity index is 1.21. The SMILES string of the molecule is CC(C)c1cc2c(cc1-c1cc3c(cc1N(c1ccc(-c4ccccc4)cc1)c1ccc4c(c1)C(C)(C)CCC4(C)C)C1(c4ccccc4-c4ccccc41)c1ccccc1-3)CCCC2. The number of aryl methyl sites for hydroxylation is 2. The average molecular weight is 842 g/mol. The summed E-state index contributed by atoms with van der Waals surface area (Å²) in [5.74, 6) is 0.357. The number of fused-ring (bicyclic) bond motifs is 12. The second-order valence-electron chi connectivity index (χ2n) is 21.1. The van der Waals surface area contributed by atoms with Crippen molar-refractivity contribution in [1.29, 1.82) is 0 Å². The van der Waals surface area contributed by atoms with Gasteiger partial charge in [0.25, 0.3) is 0 Å². The lowest BCUT2D eigenvalue weighted by molar-refractivity contribution is 0.332. The van der Waals surface area contributed by atoms with Gasteiger partial charge in [-0.05, 0) is 181 Å². The molecule has 8 aromatic carbocycles. The topological polar surface area (TPSA) is 3.24 Å². The van der Waals surface area contributed by atoms with Crippen LogP contribution in [-0.4, -0.2) is 0 Å². The van der Waals surface area contributed by atoms with Gasteiger partial charge in [-0.2, -0.15) is 0 Å². The molecule has 12 rings (SSSR count). The Hall–Kier alpha value is -6.44. The second-order valence-corrected chi connectivity index (χ2v) is 21.1. The van der Waals surface area contributed by atoms with Crippen molar-refractivity contribution in [1.82, 2.24) is 0 Å². The zero-order chi connectivity index (χ0) is 44.2. The molecule has 0 saturated heterocycles.